The number of aryl methyl sites for hydroxylation is 2. The molecule has 4 N–H and O–H groups in total. The molecule has 3 heterocycles. The number of nitrogens with two attached hydrogens (primary N) is 1. The number of anilines is 1. The molecule has 0 saturated carbocycles. The second-order valence-corrected chi connectivity index (χ2v) is 7.27. The van der Waals surface area contributed by atoms with E-state index < -0.39 is 0 Å². The normalized spacial score (nSPS) is 15.4. The van der Waals surface area contributed by atoms with Crippen molar-refractivity contribution in [1.82, 2.24) is 20.1 Å². The van der Waals surface area contributed by atoms with Gasteiger partial charge < -0.3 is 20.2 Å². The predicted octanol–water partition coefficient (Wildman–Crippen LogP) is 2.40. The lowest BCUT2D eigenvalue weighted by atomic mass is 10.0. The highest BCUT2D eigenvalue weighted by atomic mass is 16.6. The lowest BCUT2D eigenvalue weighted by Gasteiger charge is -2.26. The fourth-order valence-electron chi connectivity index (χ4n) is 3.74. The summed E-state index contributed by atoms with van der Waals surface area (Å²) in [6, 6.07) is 0.302. The Balaban J connectivity index is 1.98. The van der Waals surface area contributed by atoms with Crippen molar-refractivity contribution in [3.05, 3.63) is 29.3 Å². The number of pyridine rings is 1. The Bertz CT molecular complexity index is 902. The standard InChI is InChI=1S/C21H32N6O3/c1-4-7-18(30-22)21(28)23-12-15-17(5-2)26-20-16(13-24-27(20)6-3)19(15)25-14-8-10-29-11-9-14/h7,13-14H,4-6,8-12,22H2,1-3H3,(H,23,28)(H,25,26)/b18-7-. The third-order valence-electron chi connectivity index (χ3n) is 5.34. The monoisotopic (exact) mass is 416 g/mol. The molecule has 0 spiro atoms. The molecule has 0 aromatic carbocycles. The number of nitrogens with one attached hydrogen (secondary N) is 2. The van der Waals surface area contributed by atoms with Crippen LogP contribution in [0.4, 0.5) is 5.69 Å². The largest absolute Gasteiger partial charge is 0.406 e. The van der Waals surface area contributed by atoms with E-state index in [1.54, 1.807) is 6.08 Å². The van der Waals surface area contributed by atoms with Gasteiger partial charge in [-0.2, -0.15) is 11.0 Å². The van der Waals surface area contributed by atoms with Gasteiger partial charge in [0.25, 0.3) is 5.91 Å². The van der Waals surface area contributed by atoms with Crippen LogP contribution in [0.25, 0.3) is 11.0 Å². The lowest BCUT2D eigenvalue weighted by molar-refractivity contribution is -0.121. The molecule has 0 aliphatic carbocycles. The molecule has 3 rings (SSSR count). The fraction of sp³-hybridized carbons (Fsp3) is 0.571. The van der Waals surface area contributed by atoms with E-state index in [2.05, 4.69) is 22.7 Å². The van der Waals surface area contributed by atoms with E-state index in [0.717, 1.165) is 67.0 Å². The fourth-order valence-corrected chi connectivity index (χ4v) is 3.74. The van der Waals surface area contributed by atoms with Crippen molar-refractivity contribution in [1.29, 1.82) is 0 Å². The van der Waals surface area contributed by atoms with Crippen LogP contribution in [0.2, 0.25) is 0 Å². The lowest BCUT2D eigenvalue weighted by Crippen LogP contribution is -2.31. The number of rotatable bonds is 9. The molecule has 1 fully saturated rings. The minimum atomic E-state index is -0.345. The molecule has 1 aliphatic heterocycles. The van der Waals surface area contributed by atoms with E-state index in [9.17, 15) is 4.79 Å². The van der Waals surface area contributed by atoms with Crippen LogP contribution in [-0.4, -0.2) is 39.9 Å². The molecule has 0 unspecified atom stereocenters. The van der Waals surface area contributed by atoms with Gasteiger partial charge in [0.2, 0.25) is 5.76 Å². The Kier molecular flexibility index (Phi) is 7.64. The van der Waals surface area contributed by atoms with Gasteiger partial charge in [0.05, 0.1) is 17.3 Å². The predicted molar refractivity (Wildman–Crippen MR) is 116 cm³/mol. The van der Waals surface area contributed by atoms with Crippen LogP contribution >= 0.6 is 0 Å². The van der Waals surface area contributed by atoms with Gasteiger partial charge in [-0.15, -0.1) is 0 Å². The zero-order valence-electron chi connectivity index (χ0n) is 18.0. The number of allylic oxidation sites excluding steroid dienone is 1. The zero-order chi connectivity index (χ0) is 21.5. The molecule has 9 nitrogen and oxygen atoms in total. The molecule has 30 heavy (non-hydrogen) atoms. The van der Waals surface area contributed by atoms with Crippen molar-refractivity contribution >= 4 is 22.6 Å². The van der Waals surface area contributed by atoms with E-state index in [0.29, 0.717) is 19.0 Å². The van der Waals surface area contributed by atoms with E-state index in [1.165, 1.54) is 0 Å². The summed E-state index contributed by atoms with van der Waals surface area (Å²) in [7, 11) is 0. The minimum Gasteiger partial charge on any atom is -0.406 e. The zero-order valence-corrected chi connectivity index (χ0v) is 18.0. The molecule has 2 aromatic heterocycles. The highest BCUT2D eigenvalue weighted by Crippen LogP contribution is 2.31. The van der Waals surface area contributed by atoms with Crippen LogP contribution in [0.1, 0.15) is 51.3 Å². The van der Waals surface area contributed by atoms with Gasteiger partial charge in [-0.25, -0.2) is 9.67 Å². The Morgan fingerprint density at radius 1 is 1.37 bits per heavy atom. The molecule has 2 aromatic rings. The summed E-state index contributed by atoms with van der Waals surface area (Å²) in [5.41, 5.74) is 3.74. The third-order valence-corrected chi connectivity index (χ3v) is 5.34. The summed E-state index contributed by atoms with van der Waals surface area (Å²) >= 11 is 0. The minimum absolute atomic E-state index is 0.113. The molecular weight excluding hydrogens is 384 g/mol. The van der Waals surface area contributed by atoms with Crippen LogP contribution in [0, 0.1) is 0 Å². The number of carbonyl (C=O) groups is 1. The highest BCUT2D eigenvalue weighted by molar-refractivity contribution is 5.93. The second-order valence-electron chi connectivity index (χ2n) is 7.27. The van der Waals surface area contributed by atoms with E-state index in [-0.39, 0.29) is 11.7 Å². The first-order chi connectivity index (χ1) is 14.6. The third kappa shape index (κ3) is 4.73. The van der Waals surface area contributed by atoms with Crippen molar-refractivity contribution < 1.29 is 14.4 Å². The van der Waals surface area contributed by atoms with Crippen molar-refractivity contribution in [2.45, 2.75) is 65.6 Å². The molecule has 1 saturated heterocycles. The maximum Gasteiger partial charge on any atom is 0.288 e. The number of nitrogens with zero attached hydrogens (tertiary/aromatic N) is 3. The number of hydrogen-bond donors (Lipinski definition) is 3. The summed E-state index contributed by atoms with van der Waals surface area (Å²) in [4.78, 5) is 22.1. The molecule has 0 bridgehead atoms. The first-order valence-electron chi connectivity index (χ1n) is 10.7. The van der Waals surface area contributed by atoms with Gasteiger partial charge in [-0.05, 0) is 38.7 Å². The molecule has 1 aliphatic rings. The van der Waals surface area contributed by atoms with Crippen LogP contribution in [-0.2, 0) is 33.9 Å². The number of amides is 1. The van der Waals surface area contributed by atoms with E-state index >= 15 is 0 Å². The molecule has 0 radical (unpaired) electrons. The summed E-state index contributed by atoms with van der Waals surface area (Å²) in [5, 5.41) is 12.1. The summed E-state index contributed by atoms with van der Waals surface area (Å²) < 4.78 is 7.40. The maximum absolute atomic E-state index is 12.5. The van der Waals surface area contributed by atoms with Crippen LogP contribution in [0.5, 0.6) is 0 Å². The van der Waals surface area contributed by atoms with Gasteiger partial charge in [0, 0.05) is 43.6 Å². The Morgan fingerprint density at radius 2 is 2.13 bits per heavy atom. The molecule has 0 atom stereocenters. The summed E-state index contributed by atoms with van der Waals surface area (Å²) in [6.07, 6.45) is 6.77. The summed E-state index contributed by atoms with van der Waals surface area (Å²) in [6.45, 7) is 8.58. The number of hydrogen-bond acceptors (Lipinski definition) is 7. The van der Waals surface area contributed by atoms with Crippen LogP contribution in [0.3, 0.4) is 0 Å². The average molecular weight is 417 g/mol. The average Bonchev–Trinajstić information content (AvgIpc) is 3.19. The van der Waals surface area contributed by atoms with Crippen LogP contribution in [0.15, 0.2) is 18.0 Å². The maximum atomic E-state index is 12.5. The van der Waals surface area contributed by atoms with Crippen molar-refractivity contribution in [3.63, 3.8) is 0 Å². The van der Waals surface area contributed by atoms with Gasteiger partial charge in [0.1, 0.15) is 0 Å². The quantitative estimate of drug-likeness (QED) is 0.326. The van der Waals surface area contributed by atoms with Gasteiger partial charge in [0.15, 0.2) is 5.65 Å². The summed E-state index contributed by atoms with van der Waals surface area (Å²) in [5.74, 6) is 5.02. The highest BCUT2D eigenvalue weighted by Gasteiger charge is 2.22. The first-order valence-corrected chi connectivity index (χ1v) is 10.7. The SMILES string of the molecule is CC/C=C(\ON)C(=O)NCc1c(CC)nc2c(cnn2CC)c1NC1CCOCC1. The van der Waals surface area contributed by atoms with Gasteiger partial charge in [-0.3, -0.25) is 4.79 Å². The Labute approximate surface area is 177 Å². The molecule has 9 heteroatoms. The first kappa shape index (κ1) is 22.0. The topological polar surface area (TPSA) is 116 Å². The second kappa shape index (κ2) is 10.4. The van der Waals surface area contributed by atoms with E-state index in [4.69, 9.17) is 20.5 Å². The number of carbonyl (C=O) groups excluding carboxylic acids is 1. The Hall–Kier alpha value is -2.65. The van der Waals surface area contributed by atoms with Crippen molar-refractivity contribution in [2.24, 2.45) is 5.90 Å². The van der Waals surface area contributed by atoms with E-state index in [1.807, 2.05) is 24.7 Å². The number of ether oxygens (including phenoxy) is 1. The van der Waals surface area contributed by atoms with Gasteiger partial charge >= 0.3 is 0 Å². The van der Waals surface area contributed by atoms with Crippen LogP contribution < -0.4 is 16.5 Å². The van der Waals surface area contributed by atoms with Gasteiger partial charge in [-0.1, -0.05) is 13.8 Å². The smallest absolute Gasteiger partial charge is 0.288 e. The molecule has 1 amide bonds. The molecule has 164 valence electrons. The Morgan fingerprint density at radius 3 is 2.77 bits per heavy atom. The van der Waals surface area contributed by atoms with Crippen molar-refractivity contribution in [2.75, 3.05) is 18.5 Å². The molecular formula is C21H32N6O3. The number of aromatic nitrogens is 3. The van der Waals surface area contributed by atoms with Crippen molar-refractivity contribution in [3.8, 4) is 0 Å². The number of fused-ring (bicyclic) bond motifs is 1.